The molecule has 0 saturated carbocycles. The molecule has 0 heterocycles. The van der Waals surface area contributed by atoms with Crippen LogP contribution in [0.3, 0.4) is 0 Å². The van der Waals surface area contributed by atoms with E-state index >= 15 is 0 Å². The first-order chi connectivity index (χ1) is 5.90. The summed E-state index contributed by atoms with van der Waals surface area (Å²) in [7, 11) is 0. The molecule has 0 unspecified atom stereocenters. The molecular weight excluding hydrogens is 146 g/mol. The van der Waals surface area contributed by atoms with E-state index in [0.29, 0.717) is 6.04 Å². The first-order valence-corrected chi connectivity index (χ1v) is 4.70. The Kier molecular flexibility index (Phi) is 2.13. The van der Waals surface area contributed by atoms with E-state index in [1.54, 1.807) is 0 Å². The Morgan fingerprint density at radius 2 is 1.92 bits per heavy atom. The van der Waals surface area contributed by atoms with Gasteiger partial charge in [-0.2, -0.15) is 0 Å². The van der Waals surface area contributed by atoms with Crippen molar-refractivity contribution in [1.82, 2.24) is 5.32 Å². The highest BCUT2D eigenvalue weighted by Crippen LogP contribution is 2.21. The average Bonchev–Trinajstić information content (AvgIpc) is 2.47. The minimum atomic E-state index is 0. The van der Waals surface area contributed by atoms with Gasteiger partial charge in [0.1, 0.15) is 0 Å². The molecule has 0 aliphatic heterocycles. The monoisotopic (exact) mass is 163 g/mol. The third-order valence-electron chi connectivity index (χ3n) is 2.54. The van der Waals surface area contributed by atoms with Crippen molar-refractivity contribution >= 4 is 0 Å². The third-order valence-corrected chi connectivity index (χ3v) is 2.54. The third kappa shape index (κ3) is 1.37. The summed E-state index contributed by atoms with van der Waals surface area (Å²) in [5, 5.41) is 3.49. The number of hydrogen-bond acceptors (Lipinski definition) is 1. The SMILES string of the molecule is CCNC1Cc2ccccc2C1.[HH]. The van der Waals surface area contributed by atoms with Gasteiger partial charge in [-0.05, 0) is 30.5 Å². The lowest BCUT2D eigenvalue weighted by atomic mass is 10.1. The minimum absolute atomic E-state index is 0. The lowest BCUT2D eigenvalue weighted by Crippen LogP contribution is -2.28. The number of hydrogen-bond donors (Lipinski definition) is 1. The van der Waals surface area contributed by atoms with E-state index in [-0.39, 0.29) is 1.43 Å². The van der Waals surface area contributed by atoms with Crippen LogP contribution in [-0.4, -0.2) is 12.6 Å². The van der Waals surface area contributed by atoms with Crippen molar-refractivity contribution in [3.8, 4) is 0 Å². The summed E-state index contributed by atoms with van der Waals surface area (Å²) >= 11 is 0. The lowest BCUT2D eigenvalue weighted by molar-refractivity contribution is 0.552. The molecule has 66 valence electrons. The zero-order chi connectivity index (χ0) is 8.39. The van der Waals surface area contributed by atoms with Gasteiger partial charge in [0.25, 0.3) is 0 Å². The summed E-state index contributed by atoms with van der Waals surface area (Å²) in [5.41, 5.74) is 3.06. The Balaban J connectivity index is 0.000000845. The number of likely N-dealkylation sites (N-methyl/N-ethyl adjacent to an activating group) is 1. The van der Waals surface area contributed by atoms with Crippen LogP contribution in [0.1, 0.15) is 19.5 Å². The van der Waals surface area contributed by atoms with Crippen molar-refractivity contribution < 1.29 is 1.43 Å². The molecule has 0 fully saturated rings. The minimum Gasteiger partial charge on any atom is -0.314 e. The molecule has 1 heteroatoms. The van der Waals surface area contributed by atoms with E-state index in [0.717, 1.165) is 6.54 Å². The van der Waals surface area contributed by atoms with E-state index in [1.165, 1.54) is 24.0 Å². The Bertz CT molecular complexity index is 248. The van der Waals surface area contributed by atoms with Gasteiger partial charge in [0.15, 0.2) is 0 Å². The van der Waals surface area contributed by atoms with Gasteiger partial charge in [-0.25, -0.2) is 0 Å². The predicted molar refractivity (Wildman–Crippen MR) is 53.4 cm³/mol. The van der Waals surface area contributed by atoms with Crippen LogP contribution in [0, 0.1) is 0 Å². The fraction of sp³-hybridized carbons (Fsp3) is 0.455. The number of benzene rings is 1. The van der Waals surface area contributed by atoms with Gasteiger partial charge in [0.2, 0.25) is 0 Å². The molecule has 12 heavy (non-hydrogen) atoms. The molecule has 0 aromatic heterocycles. The molecular formula is C11H17N. The van der Waals surface area contributed by atoms with E-state index < -0.39 is 0 Å². The average molecular weight is 163 g/mol. The van der Waals surface area contributed by atoms with Gasteiger partial charge < -0.3 is 5.32 Å². The van der Waals surface area contributed by atoms with Gasteiger partial charge in [0, 0.05) is 7.47 Å². The maximum Gasteiger partial charge on any atom is 0.0148 e. The molecule has 1 aliphatic rings. The first-order valence-electron chi connectivity index (χ1n) is 4.70. The molecule has 0 atom stereocenters. The second-order valence-electron chi connectivity index (χ2n) is 3.43. The Morgan fingerprint density at radius 1 is 1.33 bits per heavy atom. The molecule has 1 aromatic rings. The summed E-state index contributed by atoms with van der Waals surface area (Å²) in [6.45, 7) is 3.25. The molecule has 0 saturated heterocycles. The van der Waals surface area contributed by atoms with E-state index in [9.17, 15) is 0 Å². The smallest absolute Gasteiger partial charge is 0.0148 e. The summed E-state index contributed by atoms with van der Waals surface area (Å²) in [6, 6.07) is 9.44. The summed E-state index contributed by atoms with van der Waals surface area (Å²) < 4.78 is 0. The standard InChI is InChI=1S/C11H15N.H2/c1-2-12-11-7-9-5-3-4-6-10(9)8-11;/h3-6,11-12H,2,7-8H2,1H3;1H. The fourth-order valence-electron chi connectivity index (χ4n) is 1.99. The Labute approximate surface area is 75.3 Å². The second-order valence-corrected chi connectivity index (χ2v) is 3.43. The van der Waals surface area contributed by atoms with Gasteiger partial charge >= 0.3 is 0 Å². The highest BCUT2D eigenvalue weighted by Gasteiger charge is 2.18. The molecule has 1 aromatic carbocycles. The molecule has 1 nitrogen and oxygen atoms in total. The van der Waals surface area contributed by atoms with Crippen molar-refractivity contribution in [1.29, 1.82) is 0 Å². The van der Waals surface area contributed by atoms with Crippen molar-refractivity contribution in [2.75, 3.05) is 6.54 Å². The molecule has 0 radical (unpaired) electrons. The van der Waals surface area contributed by atoms with Gasteiger partial charge in [-0.15, -0.1) is 0 Å². The van der Waals surface area contributed by atoms with E-state index in [2.05, 4.69) is 36.5 Å². The molecule has 0 bridgehead atoms. The van der Waals surface area contributed by atoms with Crippen LogP contribution in [0.2, 0.25) is 0 Å². The highest BCUT2D eigenvalue weighted by molar-refractivity contribution is 5.33. The maximum absolute atomic E-state index is 3.49. The fourth-order valence-corrected chi connectivity index (χ4v) is 1.99. The summed E-state index contributed by atoms with van der Waals surface area (Å²) in [5.74, 6) is 0. The van der Waals surface area contributed by atoms with Crippen molar-refractivity contribution in [3.63, 3.8) is 0 Å². The van der Waals surface area contributed by atoms with Crippen LogP contribution in [-0.2, 0) is 12.8 Å². The molecule has 0 spiro atoms. The molecule has 1 aliphatic carbocycles. The van der Waals surface area contributed by atoms with Crippen LogP contribution < -0.4 is 5.32 Å². The van der Waals surface area contributed by atoms with Crippen LogP contribution in [0.25, 0.3) is 0 Å². The van der Waals surface area contributed by atoms with Crippen LogP contribution >= 0.6 is 0 Å². The summed E-state index contributed by atoms with van der Waals surface area (Å²) in [4.78, 5) is 0. The quantitative estimate of drug-likeness (QED) is 0.703. The Hall–Kier alpha value is -0.820. The zero-order valence-corrected chi connectivity index (χ0v) is 7.51. The summed E-state index contributed by atoms with van der Waals surface area (Å²) in [6.07, 6.45) is 2.42. The highest BCUT2D eigenvalue weighted by atomic mass is 14.9. The first kappa shape index (κ1) is 7.81. The maximum atomic E-state index is 3.49. The van der Waals surface area contributed by atoms with Gasteiger partial charge in [-0.3, -0.25) is 0 Å². The van der Waals surface area contributed by atoms with Crippen LogP contribution in [0.15, 0.2) is 24.3 Å². The van der Waals surface area contributed by atoms with E-state index in [4.69, 9.17) is 0 Å². The van der Waals surface area contributed by atoms with Crippen LogP contribution in [0.5, 0.6) is 0 Å². The lowest BCUT2D eigenvalue weighted by Gasteiger charge is -2.08. The van der Waals surface area contributed by atoms with Gasteiger partial charge in [0.05, 0.1) is 0 Å². The number of fused-ring (bicyclic) bond motifs is 1. The van der Waals surface area contributed by atoms with Gasteiger partial charge in [-0.1, -0.05) is 31.2 Å². The number of nitrogens with one attached hydrogen (secondary N) is 1. The zero-order valence-electron chi connectivity index (χ0n) is 7.51. The number of rotatable bonds is 2. The van der Waals surface area contributed by atoms with Crippen LogP contribution in [0.4, 0.5) is 0 Å². The second kappa shape index (κ2) is 3.28. The van der Waals surface area contributed by atoms with Crippen molar-refractivity contribution in [3.05, 3.63) is 35.4 Å². The van der Waals surface area contributed by atoms with Crippen molar-refractivity contribution in [2.24, 2.45) is 0 Å². The largest absolute Gasteiger partial charge is 0.314 e. The van der Waals surface area contributed by atoms with Crippen molar-refractivity contribution in [2.45, 2.75) is 25.8 Å². The molecule has 2 rings (SSSR count). The molecule has 1 N–H and O–H groups in total. The predicted octanol–water partition coefficient (Wildman–Crippen LogP) is 2.01. The van der Waals surface area contributed by atoms with E-state index in [1.807, 2.05) is 0 Å². The molecule has 0 amide bonds. The normalized spacial score (nSPS) is 16.4. The Morgan fingerprint density at radius 3 is 2.42 bits per heavy atom. The topological polar surface area (TPSA) is 12.0 Å².